The first kappa shape index (κ1) is 32.3. The number of fused-ring (bicyclic) bond motifs is 5. The molecule has 1 saturated heterocycles. The van der Waals surface area contributed by atoms with E-state index in [0.717, 1.165) is 32.1 Å². The van der Waals surface area contributed by atoms with Crippen molar-refractivity contribution in [1.29, 1.82) is 0 Å². The Bertz CT molecular complexity index is 1270. The second-order valence-electron chi connectivity index (χ2n) is 13.9. The number of β-amino-alcohol motifs (C(OH)–C–C–N with tert-alkyl or cyclic N) is 1. The van der Waals surface area contributed by atoms with Gasteiger partial charge in [-0.2, -0.15) is 0 Å². The Morgan fingerprint density at radius 3 is 2.43 bits per heavy atom. The van der Waals surface area contributed by atoms with Crippen molar-refractivity contribution in [2.75, 3.05) is 20.3 Å². The van der Waals surface area contributed by atoms with Gasteiger partial charge in [0.05, 0.1) is 19.6 Å². The maximum atomic E-state index is 13.9. The highest BCUT2D eigenvalue weighted by Gasteiger charge is 2.68. The third-order valence-electron chi connectivity index (χ3n) is 11.8. The highest BCUT2D eigenvalue weighted by molar-refractivity contribution is 5.94. The van der Waals surface area contributed by atoms with E-state index in [1.54, 1.807) is 0 Å². The molecule has 44 heavy (non-hydrogen) atoms. The first-order valence-corrected chi connectivity index (χ1v) is 15.9. The lowest BCUT2D eigenvalue weighted by Crippen LogP contribution is -2.59. The van der Waals surface area contributed by atoms with Crippen LogP contribution in [0, 0.1) is 28.6 Å². The smallest absolute Gasteiger partial charge is 0.328 e. The van der Waals surface area contributed by atoms with Gasteiger partial charge in [-0.25, -0.2) is 4.79 Å². The molecule has 0 radical (unpaired) electrons. The Hall–Kier alpha value is -3.08. The van der Waals surface area contributed by atoms with E-state index in [1.807, 2.05) is 13.0 Å². The Labute approximate surface area is 258 Å². The predicted octanol–water partition coefficient (Wildman–Crippen LogP) is 2.85. The molecule has 1 N–H and O–H groups in total. The molecule has 1 aliphatic heterocycles. The number of rotatable bonds is 8. The number of hydrogen-bond donors (Lipinski definition) is 1. The highest BCUT2D eigenvalue weighted by Crippen LogP contribution is 2.68. The summed E-state index contributed by atoms with van der Waals surface area (Å²) in [5, 5.41) is 9.94. The van der Waals surface area contributed by atoms with Gasteiger partial charge in [-0.15, -0.1) is 0 Å². The van der Waals surface area contributed by atoms with Gasteiger partial charge in [0, 0.05) is 38.1 Å². The summed E-state index contributed by atoms with van der Waals surface area (Å²) in [5.41, 5.74) is -0.818. The van der Waals surface area contributed by atoms with Gasteiger partial charge in [0.2, 0.25) is 11.7 Å². The van der Waals surface area contributed by atoms with E-state index in [2.05, 4.69) is 6.92 Å². The maximum absolute atomic E-state index is 13.9. The number of carbonyl (C=O) groups excluding carboxylic acids is 6. The molecule has 8 atom stereocenters. The number of aliphatic hydroxyl groups is 1. The zero-order valence-corrected chi connectivity index (χ0v) is 26.2. The SMILES string of the molecule is COC(=O)[C@@H]1C[C@H](O)CN1C(=O)CCC(=O)OCC(=O)[C@@]1(OC(C)=O)CC[C@@H]2[C@H]3CCC4=CC(=O)CC[C@]4(C)[C@@H]3CC[C@@]21C. The molecule has 1 amide bonds. The standard InChI is InChI=1S/C33H45NO10/c1-19(35)44-33(27(38)18-43-29(40)8-7-28(39)34-17-22(37)16-26(34)30(41)42-4)14-11-25-23-6-5-20-15-21(36)9-12-31(20,2)24(23)10-13-32(25,33)3/h15,22-26,37H,5-14,16-18H2,1-4H3/t22-,23-,24+,25+,26-,31-,32-,33-/m0/s1. The fraction of sp³-hybridized carbons (Fsp3) is 0.758. The van der Waals surface area contributed by atoms with Crippen LogP contribution in [-0.2, 0) is 43.0 Å². The van der Waals surface area contributed by atoms with E-state index in [1.165, 1.54) is 24.5 Å². The summed E-state index contributed by atoms with van der Waals surface area (Å²) in [6, 6.07) is -0.912. The van der Waals surface area contributed by atoms with Gasteiger partial charge >= 0.3 is 17.9 Å². The van der Waals surface area contributed by atoms with Crippen molar-refractivity contribution in [3.8, 4) is 0 Å². The van der Waals surface area contributed by atoms with Gasteiger partial charge in [0.1, 0.15) is 6.04 Å². The number of methoxy groups -OCH3 is 1. The molecule has 3 saturated carbocycles. The number of esters is 3. The fourth-order valence-corrected chi connectivity index (χ4v) is 9.62. The van der Waals surface area contributed by atoms with E-state index < -0.39 is 59.4 Å². The monoisotopic (exact) mass is 615 g/mol. The topological polar surface area (TPSA) is 154 Å². The van der Waals surface area contributed by atoms with E-state index in [9.17, 15) is 33.9 Å². The molecule has 0 bridgehead atoms. The molecule has 5 rings (SSSR count). The van der Waals surface area contributed by atoms with Crippen molar-refractivity contribution >= 4 is 35.4 Å². The Morgan fingerprint density at radius 1 is 1.00 bits per heavy atom. The third-order valence-corrected chi connectivity index (χ3v) is 11.8. The number of carbonyl (C=O) groups is 6. The molecule has 11 nitrogen and oxygen atoms in total. The summed E-state index contributed by atoms with van der Waals surface area (Å²) >= 11 is 0. The molecule has 242 valence electrons. The maximum Gasteiger partial charge on any atom is 0.328 e. The molecule has 4 aliphatic carbocycles. The van der Waals surface area contributed by atoms with Crippen LogP contribution in [0.1, 0.15) is 91.4 Å². The van der Waals surface area contributed by atoms with Crippen LogP contribution in [-0.4, -0.2) is 83.4 Å². The lowest BCUT2D eigenvalue weighted by atomic mass is 9.46. The number of hydrogen-bond acceptors (Lipinski definition) is 10. The quantitative estimate of drug-likeness (QED) is 0.319. The summed E-state index contributed by atoms with van der Waals surface area (Å²) in [4.78, 5) is 77.2. The van der Waals surface area contributed by atoms with Crippen molar-refractivity contribution in [3.05, 3.63) is 11.6 Å². The minimum atomic E-state index is -1.41. The van der Waals surface area contributed by atoms with Crippen LogP contribution < -0.4 is 0 Å². The van der Waals surface area contributed by atoms with Gasteiger partial charge in [-0.05, 0) is 74.2 Å². The van der Waals surface area contributed by atoms with Gasteiger partial charge in [0.15, 0.2) is 18.0 Å². The predicted molar refractivity (Wildman–Crippen MR) is 155 cm³/mol. The molecule has 0 aromatic carbocycles. The molecule has 0 aromatic rings. The number of ether oxygens (including phenoxy) is 3. The molecule has 4 fully saturated rings. The number of likely N-dealkylation sites (tertiary alicyclic amines) is 1. The van der Waals surface area contributed by atoms with Crippen molar-refractivity contribution in [1.82, 2.24) is 4.90 Å². The highest BCUT2D eigenvalue weighted by atomic mass is 16.6. The number of allylic oxidation sites excluding steroid dienone is 1. The van der Waals surface area contributed by atoms with E-state index in [0.29, 0.717) is 31.1 Å². The van der Waals surface area contributed by atoms with Crippen LogP contribution in [0.15, 0.2) is 11.6 Å². The number of aliphatic hydroxyl groups excluding tert-OH is 1. The third kappa shape index (κ3) is 5.39. The van der Waals surface area contributed by atoms with Crippen molar-refractivity contribution in [2.24, 2.45) is 28.6 Å². The van der Waals surface area contributed by atoms with Crippen LogP contribution in [0.5, 0.6) is 0 Å². The zero-order chi connectivity index (χ0) is 32.0. The first-order chi connectivity index (χ1) is 20.8. The minimum absolute atomic E-state index is 0.0342. The van der Waals surface area contributed by atoms with Gasteiger partial charge in [-0.1, -0.05) is 19.4 Å². The lowest BCUT2D eigenvalue weighted by molar-refractivity contribution is -0.191. The molecule has 11 heteroatoms. The van der Waals surface area contributed by atoms with E-state index >= 15 is 0 Å². The second-order valence-corrected chi connectivity index (χ2v) is 13.9. The van der Waals surface area contributed by atoms with Gasteiger partial charge in [0.25, 0.3) is 0 Å². The summed E-state index contributed by atoms with van der Waals surface area (Å²) in [7, 11) is 1.20. The Kier molecular flexibility index (Phi) is 8.83. The summed E-state index contributed by atoms with van der Waals surface area (Å²) < 4.78 is 16.0. The Morgan fingerprint density at radius 2 is 1.73 bits per heavy atom. The van der Waals surface area contributed by atoms with Gasteiger partial charge in [-0.3, -0.25) is 24.0 Å². The second kappa shape index (κ2) is 12.0. The van der Waals surface area contributed by atoms with Crippen LogP contribution in [0.4, 0.5) is 0 Å². The van der Waals surface area contributed by atoms with Crippen molar-refractivity contribution in [2.45, 2.75) is 109 Å². The summed E-state index contributed by atoms with van der Waals surface area (Å²) in [6.45, 7) is 5.02. The van der Waals surface area contributed by atoms with Crippen LogP contribution in [0.2, 0.25) is 0 Å². The Balaban J connectivity index is 1.25. The molecule has 0 spiro atoms. The number of Topliss-reactive ketones (excluding diaryl/α,β-unsaturated/α-hetero) is 1. The zero-order valence-electron chi connectivity index (χ0n) is 26.2. The molecular weight excluding hydrogens is 570 g/mol. The minimum Gasteiger partial charge on any atom is -0.467 e. The average molecular weight is 616 g/mol. The summed E-state index contributed by atoms with van der Waals surface area (Å²) in [5.74, 6) is -1.82. The lowest BCUT2D eigenvalue weighted by Gasteiger charge is -2.59. The number of amides is 1. The van der Waals surface area contributed by atoms with Gasteiger partial charge < -0.3 is 24.2 Å². The normalized spacial score (nSPS) is 37.7. The number of nitrogens with zero attached hydrogens (tertiary/aromatic N) is 1. The van der Waals surface area contributed by atoms with Crippen LogP contribution in [0.3, 0.4) is 0 Å². The molecule has 5 aliphatic rings. The van der Waals surface area contributed by atoms with Crippen LogP contribution >= 0.6 is 0 Å². The molecule has 0 unspecified atom stereocenters. The fourth-order valence-electron chi connectivity index (χ4n) is 9.62. The van der Waals surface area contributed by atoms with Crippen LogP contribution in [0.25, 0.3) is 0 Å². The molecule has 1 heterocycles. The first-order valence-electron chi connectivity index (χ1n) is 15.9. The summed E-state index contributed by atoms with van der Waals surface area (Å²) in [6.07, 6.45) is 6.30. The molecule has 0 aromatic heterocycles. The van der Waals surface area contributed by atoms with Crippen molar-refractivity contribution in [3.63, 3.8) is 0 Å². The largest absolute Gasteiger partial charge is 0.467 e. The van der Waals surface area contributed by atoms with Crippen molar-refractivity contribution < 1.29 is 48.1 Å². The van der Waals surface area contributed by atoms with E-state index in [4.69, 9.17) is 14.2 Å². The average Bonchev–Trinajstić information content (AvgIpc) is 3.52. The molecular formula is C33H45NO10. The number of ketones is 2. The van der Waals surface area contributed by atoms with E-state index in [-0.39, 0.29) is 42.9 Å².